The summed E-state index contributed by atoms with van der Waals surface area (Å²) in [7, 11) is 0. The van der Waals surface area contributed by atoms with E-state index in [-0.39, 0.29) is 0 Å². The number of aromatic nitrogens is 1. The first-order chi connectivity index (χ1) is 21.8. The van der Waals surface area contributed by atoms with Gasteiger partial charge in [0.1, 0.15) is 5.52 Å². The molecule has 0 bridgehead atoms. The van der Waals surface area contributed by atoms with Gasteiger partial charge in [-0.25, -0.2) is 4.98 Å². The Morgan fingerprint density at radius 1 is 0.432 bits per heavy atom. The number of fused-ring (bicyclic) bond motifs is 2. The Balaban J connectivity index is 1.25. The molecule has 0 radical (unpaired) electrons. The number of hydrogen-bond donors (Lipinski definition) is 0. The first kappa shape index (κ1) is 25.8. The number of benzene rings is 7. The zero-order valence-corrected chi connectivity index (χ0v) is 24.0. The summed E-state index contributed by atoms with van der Waals surface area (Å²) in [4.78, 5) is 7.13. The van der Waals surface area contributed by atoms with Gasteiger partial charge in [-0.05, 0) is 70.4 Å². The van der Waals surface area contributed by atoms with Gasteiger partial charge in [0, 0.05) is 28.1 Å². The summed E-state index contributed by atoms with van der Waals surface area (Å²) in [5.74, 6) is 0.629. The van der Waals surface area contributed by atoms with Gasteiger partial charge in [-0.3, -0.25) is 0 Å². The van der Waals surface area contributed by atoms with Crippen molar-refractivity contribution in [3.63, 3.8) is 0 Å². The molecule has 0 fully saturated rings. The van der Waals surface area contributed by atoms with Gasteiger partial charge in [-0.1, -0.05) is 121 Å². The Kier molecular flexibility index (Phi) is 6.47. The van der Waals surface area contributed by atoms with Crippen LogP contribution in [-0.2, 0) is 0 Å². The van der Waals surface area contributed by atoms with Gasteiger partial charge in [0.2, 0.25) is 5.89 Å². The molecule has 0 amide bonds. The fourth-order valence-corrected chi connectivity index (χ4v) is 5.94. The maximum Gasteiger partial charge on any atom is 0.227 e. The molecule has 208 valence electrons. The predicted octanol–water partition coefficient (Wildman–Crippen LogP) is 11.5. The van der Waals surface area contributed by atoms with Gasteiger partial charge in [-0.15, -0.1) is 0 Å². The number of anilines is 3. The van der Waals surface area contributed by atoms with E-state index in [1.165, 1.54) is 21.9 Å². The summed E-state index contributed by atoms with van der Waals surface area (Å²) >= 11 is 0. The molecule has 0 aliphatic carbocycles. The molecule has 1 heterocycles. The van der Waals surface area contributed by atoms with Crippen LogP contribution in [0.5, 0.6) is 0 Å². The van der Waals surface area contributed by atoms with E-state index in [1.807, 2.05) is 42.5 Å². The Bertz CT molecular complexity index is 2220. The molecule has 0 aliphatic rings. The minimum atomic E-state index is 0.629. The minimum absolute atomic E-state index is 0.629. The summed E-state index contributed by atoms with van der Waals surface area (Å²) < 4.78 is 6.34. The van der Waals surface area contributed by atoms with Crippen LogP contribution in [-0.4, -0.2) is 4.98 Å². The molecular weight excluding hydrogens is 536 g/mol. The highest BCUT2D eigenvalue weighted by Crippen LogP contribution is 2.42. The third kappa shape index (κ3) is 4.71. The summed E-state index contributed by atoms with van der Waals surface area (Å²) in [5.41, 5.74) is 10.3. The molecule has 1 aromatic heterocycles. The first-order valence-corrected chi connectivity index (χ1v) is 14.8. The van der Waals surface area contributed by atoms with Gasteiger partial charge < -0.3 is 9.32 Å². The lowest BCUT2D eigenvalue weighted by Gasteiger charge is -2.28. The highest BCUT2D eigenvalue weighted by Gasteiger charge is 2.18. The summed E-state index contributed by atoms with van der Waals surface area (Å²) in [5, 5.41) is 2.42. The number of hydrogen-bond acceptors (Lipinski definition) is 3. The van der Waals surface area contributed by atoms with Crippen molar-refractivity contribution < 1.29 is 4.42 Å². The van der Waals surface area contributed by atoms with Crippen LogP contribution in [0.2, 0.25) is 0 Å². The first-order valence-electron chi connectivity index (χ1n) is 14.8. The highest BCUT2D eigenvalue weighted by atomic mass is 16.3. The van der Waals surface area contributed by atoms with E-state index < -0.39 is 0 Å². The van der Waals surface area contributed by atoms with Gasteiger partial charge in [-0.2, -0.15) is 0 Å². The molecular formula is C41H28N2O. The number of rotatable bonds is 6. The molecule has 0 N–H and O–H groups in total. The highest BCUT2D eigenvalue weighted by molar-refractivity contribution is 5.95. The van der Waals surface area contributed by atoms with Crippen LogP contribution in [0.1, 0.15) is 0 Å². The second-order valence-electron chi connectivity index (χ2n) is 10.8. The third-order valence-electron chi connectivity index (χ3n) is 8.09. The summed E-state index contributed by atoms with van der Waals surface area (Å²) in [6.07, 6.45) is 0. The van der Waals surface area contributed by atoms with Crippen molar-refractivity contribution in [3.05, 3.63) is 170 Å². The lowest BCUT2D eigenvalue weighted by atomic mass is 10.0. The molecule has 0 atom stereocenters. The van der Waals surface area contributed by atoms with E-state index in [0.29, 0.717) is 5.89 Å². The summed E-state index contributed by atoms with van der Waals surface area (Å²) in [6, 6.07) is 59.3. The zero-order chi connectivity index (χ0) is 29.3. The van der Waals surface area contributed by atoms with E-state index in [1.54, 1.807) is 0 Å². The fourth-order valence-electron chi connectivity index (χ4n) is 5.94. The van der Waals surface area contributed by atoms with Crippen molar-refractivity contribution >= 4 is 38.9 Å². The standard InChI is InChI=1S/C41H28N2O/c1-3-13-30(14-4-1)36-18-9-10-21-39(36)43(35-27-22-29-12-7-8-17-33(29)28-35)34-25-23-31(24-26-34)37-19-11-20-38-40(37)44-41(42-38)32-15-5-2-6-16-32/h1-28H. The van der Waals surface area contributed by atoms with Gasteiger partial charge in [0.25, 0.3) is 0 Å². The van der Waals surface area contributed by atoms with Crippen LogP contribution in [0.4, 0.5) is 17.1 Å². The molecule has 44 heavy (non-hydrogen) atoms. The van der Waals surface area contributed by atoms with Crippen molar-refractivity contribution in [2.24, 2.45) is 0 Å². The van der Waals surface area contributed by atoms with Crippen molar-refractivity contribution in [2.45, 2.75) is 0 Å². The third-order valence-corrected chi connectivity index (χ3v) is 8.09. The lowest BCUT2D eigenvalue weighted by molar-refractivity contribution is 0.621. The fraction of sp³-hybridized carbons (Fsp3) is 0. The smallest absolute Gasteiger partial charge is 0.227 e. The summed E-state index contributed by atoms with van der Waals surface area (Å²) in [6.45, 7) is 0. The molecule has 3 heteroatoms. The average molecular weight is 565 g/mol. The van der Waals surface area contributed by atoms with Crippen LogP contribution in [0.3, 0.4) is 0 Å². The van der Waals surface area contributed by atoms with E-state index in [4.69, 9.17) is 9.40 Å². The van der Waals surface area contributed by atoms with Crippen LogP contribution < -0.4 is 4.90 Å². The van der Waals surface area contributed by atoms with Crippen molar-refractivity contribution in [2.75, 3.05) is 4.90 Å². The molecule has 0 aliphatic heterocycles. The SMILES string of the molecule is c1ccc(-c2nc3cccc(-c4ccc(N(c5ccc6ccccc6c5)c5ccccc5-c5ccccc5)cc4)c3o2)cc1. The van der Waals surface area contributed by atoms with E-state index in [9.17, 15) is 0 Å². The topological polar surface area (TPSA) is 29.3 Å². The number of oxazole rings is 1. The molecule has 0 unspecified atom stereocenters. The quantitative estimate of drug-likeness (QED) is 0.201. The maximum absolute atomic E-state index is 6.34. The molecule has 0 saturated carbocycles. The zero-order valence-electron chi connectivity index (χ0n) is 24.0. The molecule has 3 nitrogen and oxygen atoms in total. The second kappa shape index (κ2) is 11.0. The van der Waals surface area contributed by atoms with Crippen molar-refractivity contribution in [1.82, 2.24) is 4.98 Å². The number of nitrogens with zero attached hydrogens (tertiary/aromatic N) is 2. The molecule has 0 saturated heterocycles. The maximum atomic E-state index is 6.34. The monoisotopic (exact) mass is 564 g/mol. The molecule has 8 aromatic rings. The Labute approximate surface area is 256 Å². The van der Waals surface area contributed by atoms with Crippen molar-refractivity contribution in [1.29, 1.82) is 0 Å². The predicted molar refractivity (Wildman–Crippen MR) is 183 cm³/mol. The number of para-hydroxylation sites is 2. The van der Waals surface area contributed by atoms with Crippen LogP contribution in [0.25, 0.3) is 55.6 Å². The second-order valence-corrected chi connectivity index (χ2v) is 10.8. The molecule has 8 rings (SSSR count). The van der Waals surface area contributed by atoms with E-state index in [2.05, 4.69) is 132 Å². The minimum Gasteiger partial charge on any atom is -0.435 e. The lowest BCUT2D eigenvalue weighted by Crippen LogP contribution is -2.11. The Morgan fingerprint density at radius 3 is 1.84 bits per heavy atom. The molecule has 0 spiro atoms. The molecule has 7 aromatic carbocycles. The average Bonchev–Trinajstić information content (AvgIpc) is 3.55. The Hall–Kier alpha value is -5.93. The van der Waals surface area contributed by atoms with Gasteiger partial charge in [0.05, 0.1) is 5.69 Å². The van der Waals surface area contributed by atoms with E-state index in [0.717, 1.165) is 44.9 Å². The van der Waals surface area contributed by atoms with Crippen molar-refractivity contribution in [3.8, 4) is 33.7 Å². The van der Waals surface area contributed by atoms with Gasteiger partial charge >= 0.3 is 0 Å². The van der Waals surface area contributed by atoms with Crippen LogP contribution in [0.15, 0.2) is 174 Å². The largest absolute Gasteiger partial charge is 0.435 e. The van der Waals surface area contributed by atoms with Gasteiger partial charge in [0.15, 0.2) is 5.58 Å². The normalized spacial score (nSPS) is 11.2. The van der Waals surface area contributed by atoms with Crippen LogP contribution in [0, 0.1) is 0 Å². The van der Waals surface area contributed by atoms with Crippen LogP contribution >= 0.6 is 0 Å². The Morgan fingerprint density at radius 2 is 1.05 bits per heavy atom. The van der Waals surface area contributed by atoms with E-state index >= 15 is 0 Å².